The van der Waals surface area contributed by atoms with Gasteiger partial charge in [-0.15, -0.1) is 0 Å². The van der Waals surface area contributed by atoms with Crippen molar-refractivity contribution in [2.45, 2.75) is 0 Å². The minimum atomic E-state index is -0.651. The molecule has 0 aliphatic carbocycles. The van der Waals surface area contributed by atoms with E-state index in [0.717, 1.165) is 12.1 Å². The molecule has 0 fully saturated rings. The Labute approximate surface area is 136 Å². The Hall–Kier alpha value is -3.35. The van der Waals surface area contributed by atoms with E-state index in [0.29, 0.717) is 22.5 Å². The number of benzene rings is 2. The lowest BCUT2D eigenvalue weighted by molar-refractivity contribution is 0.368. The molecule has 2 aromatic carbocycles. The van der Waals surface area contributed by atoms with E-state index in [-0.39, 0.29) is 17.1 Å². The molecule has 7 heteroatoms. The maximum atomic E-state index is 10.3. The molecule has 0 bridgehead atoms. The topological polar surface area (TPSA) is 111 Å². The first-order valence-corrected chi connectivity index (χ1v) is 6.91. The lowest BCUT2D eigenvalue weighted by Gasteiger charge is -2.06. The van der Waals surface area contributed by atoms with Crippen molar-refractivity contribution in [1.82, 2.24) is 0 Å². The van der Waals surface area contributed by atoms with Crippen LogP contribution in [0, 0.1) is 0 Å². The molecule has 7 nitrogen and oxygen atoms in total. The molecule has 0 amide bonds. The summed E-state index contributed by atoms with van der Waals surface area (Å²) in [5.74, 6) is -1.01. The summed E-state index contributed by atoms with van der Waals surface area (Å²) < 4.78 is 16.1. The van der Waals surface area contributed by atoms with Crippen LogP contribution in [0.1, 0.15) is 0 Å². The number of fused-ring (bicyclic) bond motifs is 1. The Kier molecular flexibility index (Phi) is 3.69. The first kappa shape index (κ1) is 15.5. The van der Waals surface area contributed by atoms with E-state index in [4.69, 9.17) is 13.9 Å². The molecular weight excluding hydrogens is 316 g/mol. The molecule has 0 spiro atoms. The van der Waals surface area contributed by atoms with Crippen LogP contribution in [0.25, 0.3) is 22.3 Å². The first-order chi connectivity index (χ1) is 11.4. The zero-order valence-corrected chi connectivity index (χ0v) is 12.9. The molecule has 4 N–H and O–H groups in total. The summed E-state index contributed by atoms with van der Waals surface area (Å²) in [5.41, 5.74) is 0.551. The number of aromatic hydroxyl groups is 4. The number of phenols is 3. The summed E-state index contributed by atoms with van der Waals surface area (Å²) >= 11 is 0. The lowest BCUT2D eigenvalue weighted by atomic mass is 10.1. The van der Waals surface area contributed by atoms with Crippen LogP contribution in [-0.2, 0) is 0 Å². The van der Waals surface area contributed by atoms with E-state index >= 15 is 0 Å². The zero-order valence-electron chi connectivity index (χ0n) is 12.9. The van der Waals surface area contributed by atoms with Gasteiger partial charge in [-0.05, 0) is 0 Å². The third-order valence-electron chi connectivity index (χ3n) is 3.59. The second-order valence-corrected chi connectivity index (χ2v) is 5.07. The van der Waals surface area contributed by atoms with Crippen molar-refractivity contribution in [3.8, 4) is 45.8 Å². The standard InChI is InChI=1S/C17H14O7/c1-22-9-5-14(23-2)10-7-13(20)17(24-15(10)6-9)8-3-11(18)16(21)12(19)4-8/h3-7H,1-2H3,(H3-,18,19,20,21)/p+1. The molecule has 0 radical (unpaired) electrons. The Morgan fingerprint density at radius 1 is 0.792 bits per heavy atom. The molecule has 24 heavy (non-hydrogen) atoms. The van der Waals surface area contributed by atoms with E-state index in [9.17, 15) is 20.4 Å². The molecule has 3 rings (SSSR count). The Morgan fingerprint density at radius 3 is 2.04 bits per heavy atom. The average molecular weight is 331 g/mol. The van der Waals surface area contributed by atoms with Crippen LogP contribution in [0.15, 0.2) is 34.7 Å². The van der Waals surface area contributed by atoms with Gasteiger partial charge in [0.1, 0.15) is 16.9 Å². The highest BCUT2D eigenvalue weighted by Gasteiger charge is 2.26. The number of rotatable bonds is 3. The molecule has 1 heterocycles. The number of phenolic OH excluding ortho intramolecular Hbond substituents is 3. The molecule has 0 aliphatic rings. The van der Waals surface area contributed by atoms with Crippen LogP contribution in [0.5, 0.6) is 34.5 Å². The quantitative estimate of drug-likeness (QED) is 0.431. The first-order valence-electron chi connectivity index (χ1n) is 6.91. The fourth-order valence-corrected chi connectivity index (χ4v) is 2.40. The van der Waals surface area contributed by atoms with Gasteiger partial charge in [0, 0.05) is 24.3 Å². The summed E-state index contributed by atoms with van der Waals surface area (Å²) in [4.78, 5) is 0. The van der Waals surface area contributed by atoms with E-state index < -0.39 is 17.2 Å². The van der Waals surface area contributed by atoms with Gasteiger partial charge in [-0.25, -0.2) is 4.42 Å². The highest BCUT2D eigenvalue weighted by molar-refractivity contribution is 5.89. The van der Waals surface area contributed by atoms with Gasteiger partial charge in [0.25, 0.3) is 0 Å². The molecule has 3 aromatic rings. The predicted molar refractivity (Wildman–Crippen MR) is 85.8 cm³/mol. The normalized spacial score (nSPS) is 10.8. The smallest absolute Gasteiger partial charge is 0.402 e. The molecule has 1 aromatic heterocycles. The third-order valence-corrected chi connectivity index (χ3v) is 3.59. The average Bonchev–Trinajstić information content (AvgIpc) is 2.57. The monoisotopic (exact) mass is 331 g/mol. The van der Waals surface area contributed by atoms with Crippen molar-refractivity contribution in [2.75, 3.05) is 14.2 Å². The minimum Gasteiger partial charge on any atom is -0.504 e. The number of hydrogen-bond donors (Lipinski definition) is 4. The largest absolute Gasteiger partial charge is 0.504 e. The van der Waals surface area contributed by atoms with E-state index in [2.05, 4.69) is 0 Å². The molecule has 0 saturated heterocycles. The molecule has 0 saturated carbocycles. The fourth-order valence-electron chi connectivity index (χ4n) is 2.40. The summed E-state index contributed by atoms with van der Waals surface area (Å²) in [6.07, 6.45) is 0. The Bertz CT molecular complexity index is 911. The Morgan fingerprint density at radius 2 is 1.46 bits per heavy atom. The van der Waals surface area contributed by atoms with Gasteiger partial charge in [-0.1, -0.05) is 0 Å². The highest BCUT2D eigenvalue weighted by atomic mass is 16.5. The summed E-state index contributed by atoms with van der Waals surface area (Å²) in [6.45, 7) is 0. The minimum absolute atomic E-state index is 0.00315. The SMILES string of the molecule is COc1cc(OC)c2cc(O)c(-c3cc(O)c(O)c(O)c3)[o+]c2c1. The predicted octanol–water partition coefficient (Wildman–Crippen LogP) is 3.22. The summed E-state index contributed by atoms with van der Waals surface area (Å²) in [6, 6.07) is 7.02. The fraction of sp³-hybridized carbons (Fsp3) is 0.118. The van der Waals surface area contributed by atoms with Gasteiger partial charge >= 0.3 is 11.3 Å². The lowest BCUT2D eigenvalue weighted by Crippen LogP contribution is -1.90. The van der Waals surface area contributed by atoms with Crippen LogP contribution < -0.4 is 9.47 Å². The van der Waals surface area contributed by atoms with Crippen LogP contribution in [0.2, 0.25) is 0 Å². The maximum Gasteiger partial charge on any atom is 0.402 e. The second kappa shape index (κ2) is 5.69. The van der Waals surface area contributed by atoms with Crippen molar-refractivity contribution in [1.29, 1.82) is 0 Å². The third kappa shape index (κ3) is 2.45. The van der Waals surface area contributed by atoms with Gasteiger partial charge in [0.2, 0.25) is 5.75 Å². The van der Waals surface area contributed by atoms with Crippen molar-refractivity contribution in [3.63, 3.8) is 0 Å². The summed E-state index contributed by atoms with van der Waals surface area (Å²) in [5, 5.41) is 39.5. The van der Waals surface area contributed by atoms with Gasteiger partial charge < -0.3 is 29.9 Å². The van der Waals surface area contributed by atoms with Gasteiger partial charge in [0.15, 0.2) is 17.2 Å². The second-order valence-electron chi connectivity index (χ2n) is 5.07. The van der Waals surface area contributed by atoms with Crippen LogP contribution in [0.4, 0.5) is 0 Å². The number of ether oxygens (including phenoxy) is 2. The van der Waals surface area contributed by atoms with Crippen molar-refractivity contribution >= 4 is 11.0 Å². The number of hydrogen-bond acceptors (Lipinski definition) is 6. The molecule has 0 atom stereocenters. The van der Waals surface area contributed by atoms with E-state index in [1.165, 1.54) is 20.3 Å². The molecular formula is C17H15O7+. The zero-order chi connectivity index (χ0) is 17.4. The molecule has 124 valence electrons. The van der Waals surface area contributed by atoms with E-state index in [1.807, 2.05) is 0 Å². The van der Waals surface area contributed by atoms with Gasteiger partial charge in [0.05, 0.1) is 25.8 Å². The van der Waals surface area contributed by atoms with E-state index in [1.54, 1.807) is 12.1 Å². The van der Waals surface area contributed by atoms with Crippen LogP contribution >= 0.6 is 0 Å². The molecule has 0 unspecified atom stereocenters. The van der Waals surface area contributed by atoms with Crippen LogP contribution in [0.3, 0.4) is 0 Å². The van der Waals surface area contributed by atoms with Gasteiger partial charge in [-0.2, -0.15) is 0 Å². The highest BCUT2D eigenvalue weighted by Crippen LogP contribution is 2.43. The van der Waals surface area contributed by atoms with Gasteiger partial charge in [-0.3, -0.25) is 0 Å². The molecule has 0 aliphatic heterocycles. The van der Waals surface area contributed by atoms with Crippen molar-refractivity contribution in [2.24, 2.45) is 0 Å². The Balaban J connectivity index is 2.28. The summed E-state index contributed by atoms with van der Waals surface area (Å²) in [7, 11) is 2.98. The van der Waals surface area contributed by atoms with Crippen LogP contribution in [-0.4, -0.2) is 34.6 Å². The number of methoxy groups -OCH3 is 2. The van der Waals surface area contributed by atoms with Crippen molar-refractivity contribution < 1.29 is 34.3 Å². The van der Waals surface area contributed by atoms with Crippen molar-refractivity contribution in [3.05, 3.63) is 30.3 Å². The maximum absolute atomic E-state index is 10.3.